The third-order valence-electron chi connectivity index (χ3n) is 3.45. The number of thioether (sulfide) groups is 1. The van der Waals surface area contributed by atoms with Gasteiger partial charge in [-0.15, -0.1) is 0 Å². The second-order valence-electron chi connectivity index (χ2n) is 5.30. The molecule has 0 aromatic heterocycles. The molecule has 1 aliphatic heterocycles. The number of methoxy groups -OCH3 is 1. The van der Waals surface area contributed by atoms with Crippen molar-refractivity contribution in [1.29, 1.82) is 5.41 Å². The molecule has 1 saturated heterocycles. The number of benzene rings is 2. The van der Waals surface area contributed by atoms with Crippen molar-refractivity contribution in [2.75, 3.05) is 7.11 Å². The number of amides is 1. The van der Waals surface area contributed by atoms with Crippen LogP contribution in [0, 0.1) is 5.41 Å². The van der Waals surface area contributed by atoms with Crippen LogP contribution in [0.25, 0.3) is 6.08 Å². The van der Waals surface area contributed by atoms with Crippen LogP contribution < -0.4 is 14.2 Å². The van der Waals surface area contributed by atoms with Gasteiger partial charge in [-0.05, 0) is 59.8 Å². The molecule has 0 unspecified atom stereocenters. The fourth-order valence-corrected chi connectivity index (χ4v) is 3.97. The quantitative estimate of drug-likeness (QED) is 0.563. The van der Waals surface area contributed by atoms with Crippen LogP contribution in [-0.4, -0.2) is 26.6 Å². The number of rotatable bonds is 5. The van der Waals surface area contributed by atoms with E-state index in [1.165, 1.54) is 49.6 Å². The first-order valence-corrected chi connectivity index (χ1v) is 10.1. The Morgan fingerprint density at radius 2 is 1.85 bits per heavy atom. The van der Waals surface area contributed by atoms with Crippen LogP contribution in [0.3, 0.4) is 0 Å². The number of amidine groups is 1. The molecule has 1 fully saturated rings. The maximum atomic E-state index is 12.5. The molecule has 2 aromatic rings. The second kappa shape index (κ2) is 7.63. The molecule has 0 saturated carbocycles. The molecule has 2 aromatic carbocycles. The molecule has 2 N–H and O–H groups in total. The summed E-state index contributed by atoms with van der Waals surface area (Å²) in [6, 6.07) is 10.2. The van der Waals surface area contributed by atoms with Crippen LogP contribution in [-0.2, 0) is 14.9 Å². The molecule has 1 amide bonds. The zero-order chi connectivity index (χ0) is 19.6. The Hall–Kier alpha value is -2.49. The third kappa shape index (κ3) is 4.44. The Morgan fingerprint density at radius 1 is 1.15 bits per heavy atom. The van der Waals surface area contributed by atoms with E-state index in [1.807, 2.05) is 0 Å². The fraction of sp³-hybridized carbons (Fsp3) is 0.0588. The molecule has 140 valence electrons. The molecule has 3 rings (SSSR count). The summed E-state index contributed by atoms with van der Waals surface area (Å²) in [6.45, 7) is 0. The van der Waals surface area contributed by atoms with Crippen LogP contribution in [0.1, 0.15) is 5.56 Å². The summed E-state index contributed by atoms with van der Waals surface area (Å²) in [5.74, 6) is -0.205. The maximum Gasteiger partial charge on any atom is 0.339 e. The topological polar surface area (TPSA) is 106 Å². The Balaban J connectivity index is 1.94. The average molecular weight is 425 g/mol. The molecule has 0 atom stereocenters. The Bertz CT molecular complexity index is 1050. The Morgan fingerprint density at radius 3 is 2.44 bits per heavy atom. The molecular formula is C17H13ClN2O5S2. The lowest BCUT2D eigenvalue weighted by Gasteiger charge is -2.11. The summed E-state index contributed by atoms with van der Waals surface area (Å²) in [6.07, 6.45) is 1.53. The van der Waals surface area contributed by atoms with Gasteiger partial charge in [0.25, 0.3) is 5.91 Å². The van der Waals surface area contributed by atoms with Crippen molar-refractivity contribution in [3.05, 3.63) is 58.0 Å². The summed E-state index contributed by atoms with van der Waals surface area (Å²) in [7, 11) is -2.72. The smallest absolute Gasteiger partial charge is 0.339 e. The Labute approximate surface area is 165 Å². The normalized spacial score (nSPS) is 15.7. The molecule has 0 aliphatic carbocycles. The van der Waals surface area contributed by atoms with E-state index in [0.29, 0.717) is 15.5 Å². The molecule has 27 heavy (non-hydrogen) atoms. The van der Waals surface area contributed by atoms with Crippen LogP contribution in [0.4, 0.5) is 0 Å². The van der Waals surface area contributed by atoms with Gasteiger partial charge in [0.05, 0.1) is 12.0 Å². The van der Waals surface area contributed by atoms with E-state index < -0.39 is 16.0 Å². The lowest BCUT2D eigenvalue weighted by molar-refractivity contribution is -0.115. The third-order valence-corrected chi connectivity index (χ3v) is 5.78. The summed E-state index contributed by atoms with van der Waals surface area (Å²) in [4.78, 5) is 12.0. The predicted octanol–water partition coefficient (Wildman–Crippen LogP) is 3.25. The number of hydrogen-bond acceptors (Lipinski definition) is 7. The highest BCUT2D eigenvalue weighted by atomic mass is 35.5. The van der Waals surface area contributed by atoms with E-state index in [4.69, 9.17) is 25.9 Å². The van der Waals surface area contributed by atoms with Gasteiger partial charge in [-0.2, -0.15) is 8.42 Å². The van der Waals surface area contributed by atoms with E-state index in [0.717, 1.165) is 11.8 Å². The summed E-state index contributed by atoms with van der Waals surface area (Å²) in [5.41, 5.74) is 0.518. The van der Waals surface area contributed by atoms with Crippen LogP contribution in [0.2, 0.25) is 5.02 Å². The van der Waals surface area contributed by atoms with Crippen molar-refractivity contribution in [3.63, 3.8) is 0 Å². The highest BCUT2D eigenvalue weighted by molar-refractivity contribution is 8.18. The maximum absolute atomic E-state index is 12.5. The lowest BCUT2D eigenvalue weighted by atomic mass is 10.2. The van der Waals surface area contributed by atoms with Crippen molar-refractivity contribution >= 4 is 50.6 Å². The van der Waals surface area contributed by atoms with Crippen molar-refractivity contribution in [2.45, 2.75) is 4.90 Å². The van der Waals surface area contributed by atoms with Gasteiger partial charge in [0.1, 0.15) is 4.90 Å². The second-order valence-corrected chi connectivity index (χ2v) is 8.33. The number of carbonyl (C=O) groups is 1. The van der Waals surface area contributed by atoms with Crippen LogP contribution >= 0.6 is 23.4 Å². The molecular weight excluding hydrogens is 412 g/mol. The van der Waals surface area contributed by atoms with Crippen molar-refractivity contribution in [1.82, 2.24) is 5.32 Å². The molecule has 0 bridgehead atoms. The fourth-order valence-electron chi connectivity index (χ4n) is 2.21. The zero-order valence-electron chi connectivity index (χ0n) is 13.9. The highest BCUT2D eigenvalue weighted by Crippen LogP contribution is 2.33. The van der Waals surface area contributed by atoms with Crippen LogP contribution in [0.5, 0.6) is 11.5 Å². The minimum atomic E-state index is -4.10. The predicted molar refractivity (Wildman–Crippen MR) is 104 cm³/mol. The number of nitrogens with one attached hydrogen (secondary N) is 2. The van der Waals surface area contributed by atoms with Gasteiger partial charge in [-0.25, -0.2) is 0 Å². The minimum absolute atomic E-state index is 0.0275. The van der Waals surface area contributed by atoms with E-state index in [2.05, 4.69) is 5.32 Å². The van der Waals surface area contributed by atoms with Gasteiger partial charge in [0.15, 0.2) is 16.7 Å². The van der Waals surface area contributed by atoms with E-state index in [9.17, 15) is 13.2 Å². The average Bonchev–Trinajstić information content (AvgIpc) is 2.92. The van der Waals surface area contributed by atoms with Crippen LogP contribution in [0.15, 0.2) is 52.3 Å². The molecule has 0 radical (unpaired) electrons. The largest absolute Gasteiger partial charge is 0.493 e. The van der Waals surface area contributed by atoms with Gasteiger partial charge in [-0.3, -0.25) is 10.2 Å². The van der Waals surface area contributed by atoms with Gasteiger partial charge < -0.3 is 14.2 Å². The minimum Gasteiger partial charge on any atom is -0.493 e. The first kappa shape index (κ1) is 19.3. The van der Waals surface area contributed by atoms with E-state index >= 15 is 0 Å². The van der Waals surface area contributed by atoms with Crippen molar-refractivity contribution < 1.29 is 22.1 Å². The van der Waals surface area contributed by atoms with Gasteiger partial charge in [0.2, 0.25) is 0 Å². The first-order valence-electron chi connectivity index (χ1n) is 7.46. The number of ether oxygens (including phenoxy) is 1. The standard InChI is InChI=1S/C17H13ClN2O5S2/c1-24-13-7-2-10(9-15-16(21)20-17(19)26-15)8-14(13)25-27(22,23)12-5-3-11(18)4-6-12/h2-9H,1H3,(H2,19,20,21). The zero-order valence-corrected chi connectivity index (χ0v) is 16.2. The highest BCUT2D eigenvalue weighted by Gasteiger charge is 2.23. The molecule has 7 nitrogen and oxygen atoms in total. The van der Waals surface area contributed by atoms with Crippen molar-refractivity contribution in [2.24, 2.45) is 0 Å². The van der Waals surface area contributed by atoms with Gasteiger partial charge in [0, 0.05) is 5.02 Å². The lowest BCUT2D eigenvalue weighted by Crippen LogP contribution is -2.18. The van der Waals surface area contributed by atoms with E-state index in [-0.39, 0.29) is 21.6 Å². The Kier molecular flexibility index (Phi) is 5.45. The molecule has 1 heterocycles. The van der Waals surface area contributed by atoms with E-state index in [1.54, 1.807) is 6.07 Å². The molecule has 1 aliphatic rings. The van der Waals surface area contributed by atoms with Crippen molar-refractivity contribution in [3.8, 4) is 11.5 Å². The SMILES string of the molecule is COc1ccc(C=C2SC(=N)NC2=O)cc1OS(=O)(=O)c1ccc(Cl)cc1. The monoisotopic (exact) mass is 424 g/mol. The first-order chi connectivity index (χ1) is 12.8. The van der Waals surface area contributed by atoms with Gasteiger partial charge in [-0.1, -0.05) is 17.7 Å². The summed E-state index contributed by atoms with van der Waals surface area (Å²) in [5, 5.41) is 10.3. The number of halogens is 1. The summed E-state index contributed by atoms with van der Waals surface area (Å²) >= 11 is 6.76. The number of carbonyl (C=O) groups excluding carboxylic acids is 1. The number of hydrogen-bond donors (Lipinski definition) is 2. The molecule has 10 heteroatoms. The molecule has 0 spiro atoms. The van der Waals surface area contributed by atoms with Gasteiger partial charge >= 0.3 is 10.1 Å². The summed E-state index contributed by atoms with van der Waals surface area (Å²) < 4.78 is 35.4.